The van der Waals surface area contributed by atoms with E-state index in [2.05, 4.69) is 30.8 Å². The van der Waals surface area contributed by atoms with Crippen LogP contribution in [0.25, 0.3) is 0 Å². The summed E-state index contributed by atoms with van der Waals surface area (Å²) in [6, 6.07) is 0.495. The van der Waals surface area contributed by atoms with Gasteiger partial charge in [-0.2, -0.15) is 0 Å². The van der Waals surface area contributed by atoms with Crippen molar-refractivity contribution in [3.63, 3.8) is 0 Å². The Hall–Kier alpha value is -0.570. The fourth-order valence-electron chi connectivity index (χ4n) is 1.81. The monoisotopic (exact) mass is 169 g/mol. The molecular weight excluding hydrogens is 150 g/mol. The van der Waals surface area contributed by atoms with Gasteiger partial charge in [0.05, 0.1) is 5.84 Å². The summed E-state index contributed by atoms with van der Waals surface area (Å²) < 4.78 is 0. The highest BCUT2D eigenvalue weighted by molar-refractivity contribution is 5.81. The molecule has 1 rings (SSSR count). The third kappa shape index (κ3) is 2.21. The maximum atomic E-state index is 7.69. The van der Waals surface area contributed by atoms with Crippen LogP contribution in [0, 0.1) is 5.41 Å². The van der Waals surface area contributed by atoms with Gasteiger partial charge in [0.15, 0.2) is 0 Å². The first kappa shape index (κ1) is 9.52. The largest absolute Gasteiger partial charge is 0.357 e. The van der Waals surface area contributed by atoms with Crippen LogP contribution in [0.15, 0.2) is 0 Å². The maximum absolute atomic E-state index is 7.69. The summed E-state index contributed by atoms with van der Waals surface area (Å²) in [6.07, 6.45) is 2.13. The number of nitrogens with zero attached hydrogens (tertiary/aromatic N) is 2. The summed E-state index contributed by atoms with van der Waals surface area (Å²) >= 11 is 0. The van der Waals surface area contributed by atoms with Crippen LogP contribution in [0.2, 0.25) is 0 Å². The zero-order chi connectivity index (χ0) is 9.14. The average molecular weight is 169 g/mol. The Morgan fingerprint density at radius 3 is 2.67 bits per heavy atom. The van der Waals surface area contributed by atoms with Crippen molar-refractivity contribution < 1.29 is 0 Å². The quantitative estimate of drug-likeness (QED) is 0.683. The van der Waals surface area contributed by atoms with E-state index in [9.17, 15) is 0 Å². The van der Waals surface area contributed by atoms with Crippen molar-refractivity contribution in [1.82, 2.24) is 9.80 Å². The number of likely N-dealkylation sites (N-methyl/N-ethyl adjacent to an activating group) is 1. The Morgan fingerprint density at radius 2 is 2.25 bits per heavy atom. The lowest BCUT2D eigenvalue weighted by Gasteiger charge is -2.28. The Kier molecular flexibility index (Phi) is 3.09. The predicted octanol–water partition coefficient (Wildman–Crippen LogP) is 1.01. The maximum Gasteiger partial charge on any atom is 0.0961 e. The number of hydrogen-bond acceptors (Lipinski definition) is 2. The van der Waals surface area contributed by atoms with E-state index in [1.807, 2.05) is 0 Å². The fourth-order valence-corrected chi connectivity index (χ4v) is 1.81. The molecule has 1 atom stereocenters. The first-order chi connectivity index (χ1) is 5.61. The lowest BCUT2D eigenvalue weighted by Crippen LogP contribution is -2.40. The second kappa shape index (κ2) is 3.90. The second-order valence-corrected chi connectivity index (χ2v) is 3.85. The molecule has 1 unspecified atom stereocenters. The molecule has 70 valence electrons. The molecule has 1 aliphatic rings. The van der Waals surface area contributed by atoms with Crippen LogP contribution < -0.4 is 0 Å². The number of hydrogen-bond donors (Lipinski definition) is 1. The number of nitrogens with one attached hydrogen (secondary N) is 1. The van der Waals surface area contributed by atoms with E-state index >= 15 is 0 Å². The summed E-state index contributed by atoms with van der Waals surface area (Å²) in [7, 11) is 4.16. The molecule has 1 aliphatic heterocycles. The summed E-state index contributed by atoms with van der Waals surface area (Å²) in [6.45, 7) is 4.32. The van der Waals surface area contributed by atoms with E-state index in [0.29, 0.717) is 6.04 Å². The molecule has 0 aromatic heterocycles. The Balaban J connectivity index is 2.40. The van der Waals surface area contributed by atoms with Crippen molar-refractivity contribution in [1.29, 1.82) is 5.41 Å². The third-order valence-corrected chi connectivity index (χ3v) is 2.32. The SMILES string of the molecule is CC(CN(C)C)N1CCCC1=N. The van der Waals surface area contributed by atoms with Gasteiger partial charge in [0, 0.05) is 25.6 Å². The van der Waals surface area contributed by atoms with Crippen molar-refractivity contribution in [3.05, 3.63) is 0 Å². The number of rotatable bonds is 3. The normalized spacial score (nSPS) is 20.7. The van der Waals surface area contributed by atoms with Crippen LogP contribution in [0.4, 0.5) is 0 Å². The van der Waals surface area contributed by atoms with Gasteiger partial charge in [-0.3, -0.25) is 5.41 Å². The smallest absolute Gasteiger partial charge is 0.0961 e. The van der Waals surface area contributed by atoms with Crippen LogP contribution >= 0.6 is 0 Å². The van der Waals surface area contributed by atoms with Crippen molar-refractivity contribution in [3.8, 4) is 0 Å². The van der Waals surface area contributed by atoms with Crippen molar-refractivity contribution in [2.24, 2.45) is 0 Å². The molecule has 0 aliphatic carbocycles. The van der Waals surface area contributed by atoms with Gasteiger partial charge >= 0.3 is 0 Å². The average Bonchev–Trinajstić information content (AvgIpc) is 2.33. The molecule has 12 heavy (non-hydrogen) atoms. The molecule has 0 saturated carbocycles. The minimum atomic E-state index is 0.495. The lowest BCUT2D eigenvalue weighted by atomic mass is 10.3. The standard InChI is InChI=1S/C9H19N3/c1-8(7-11(2)3)12-6-4-5-9(12)10/h8,10H,4-7H2,1-3H3. The van der Waals surface area contributed by atoms with Gasteiger partial charge in [-0.15, -0.1) is 0 Å². The molecule has 0 bridgehead atoms. The molecule has 1 N–H and O–H groups in total. The highest BCUT2D eigenvalue weighted by Crippen LogP contribution is 2.13. The van der Waals surface area contributed by atoms with Crippen molar-refractivity contribution >= 4 is 5.84 Å². The van der Waals surface area contributed by atoms with Crippen LogP contribution in [0.3, 0.4) is 0 Å². The van der Waals surface area contributed by atoms with Crippen molar-refractivity contribution in [2.75, 3.05) is 27.2 Å². The van der Waals surface area contributed by atoms with Gasteiger partial charge in [-0.25, -0.2) is 0 Å². The van der Waals surface area contributed by atoms with E-state index in [0.717, 1.165) is 31.8 Å². The summed E-state index contributed by atoms with van der Waals surface area (Å²) in [5.74, 6) is 0.823. The molecule has 0 aromatic rings. The topological polar surface area (TPSA) is 30.3 Å². The molecule has 1 heterocycles. The van der Waals surface area contributed by atoms with E-state index < -0.39 is 0 Å². The highest BCUT2D eigenvalue weighted by Gasteiger charge is 2.21. The molecule has 3 nitrogen and oxygen atoms in total. The second-order valence-electron chi connectivity index (χ2n) is 3.85. The Bertz CT molecular complexity index is 165. The molecule has 3 heteroatoms. The van der Waals surface area contributed by atoms with E-state index in [4.69, 9.17) is 5.41 Å². The zero-order valence-electron chi connectivity index (χ0n) is 8.30. The molecule has 0 amide bonds. The highest BCUT2D eigenvalue weighted by atomic mass is 15.2. The predicted molar refractivity (Wildman–Crippen MR) is 51.7 cm³/mol. The van der Waals surface area contributed by atoms with E-state index in [1.165, 1.54) is 0 Å². The number of amidine groups is 1. The zero-order valence-corrected chi connectivity index (χ0v) is 8.30. The summed E-state index contributed by atoms with van der Waals surface area (Å²) in [5, 5.41) is 7.69. The van der Waals surface area contributed by atoms with Gasteiger partial charge in [-0.1, -0.05) is 0 Å². The van der Waals surface area contributed by atoms with Gasteiger partial charge in [-0.05, 0) is 27.4 Å². The fraction of sp³-hybridized carbons (Fsp3) is 0.889. The van der Waals surface area contributed by atoms with Gasteiger partial charge in [0.1, 0.15) is 0 Å². The van der Waals surface area contributed by atoms with E-state index in [-0.39, 0.29) is 0 Å². The van der Waals surface area contributed by atoms with Gasteiger partial charge in [0.2, 0.25) is 0 Å². The minimum Gasteiger partial charge on any atom is -0.357 e. The molecule has 1 fully saturated rings. The molecule has 0 aromatic carbocycles. The van der Waals surface area contributed by atoms with Gasteiger partial charge < -0.3 is 9.80 Å². The molecule has 0 spiro atoms. The minimum absolute atomic E-state index is 0.495. The lowest BCUT2D eigenvalue weighted by molar-refractivity contribution is 0.268. The Labute approximate surface area is 74.9 Å². The van der Waals surface area contributed by atoms with Crippen LogP contribution in [-0.2, 0) is 0 Å². The van der Waals surface area contributed by atoms with E-state index in [1.54, 1.807) is 0 Å². The van der Waals surface area contributed by atoms with Gasteiger partial charge in [0.25, 0.3) is 0 Å². The van der Waals surface area contributed by atoms with Crippen LogP contribution in [-0.4, -0.2) is 48.9 Å². The molecule has 0 radical (unpaired) electrons. The summed E-state index contributed by atoms with van der Waals surface area (Å²) in [4.78, 5) is 4.39. The third-order valence-electron chi connectivity index (χ3n) is 2.32. The Morgan fingerprint density at radius 1 is 1.58 bits per heavy atom. The number of likely N-dealkylation sites (tertiary alicyclic amines) is 1. The van der Waals surface area contributed by atoms with Crippen molar-refractivity contribution in [2.45, 2.75) is 25.8 Å². The summed E-state index contributed by atoms with van der Waals surface area (Å²) in [5.41, 5.74) is 0. The van der Waals surface area contributed by atoms with Crippen LogP contribution in [0.1, 0.15) is 19.8 Å². The molecular formula is C9H19N3. The first-order valence-corrected chi connectivity index (χ1v) is 4.60. The molecule has 1 saturated heterocycles. The first-order valence-electron chi connectivity index (χ1n) is 4.60. The van der Waals surface area contributed by atoms with Crippen LogP contribution in [0.5, 0.6) is 0 Å².